The highest BCUT2D eigenvalue weighted by Crippen LogP contribution is 2.31. The number of hydrogen-bond acceptors (Lipinski definition) is 6. The first-order valence-corrected chi connectivity index (χ1v) is 7.90. The molecule has 0 radical (unpaired) electrons. The zero-order valence-corrected chi connectivity index (χ0v) is 14.0. The van der Waals surface area contributed by atoms with Crippen LogP contribution in [0.2, 0.25) is 0 Å². The van der Waals surface area contributed by atoms with Gasteiger partial charge in [0.1, 0.15) is 11.8 Å². The first-order chi connectivity index (χ1) is 11.5. The molecule has 1 heterocycles. The number of ether oxygens (including phenoxy) is 1. The fourth-order valence-corrected chi connectivity index (χ4v) is 2.68. The lowest BCUT2D eigenvalue weighted by atomic mass is 10.2. The molecule has 2 amide bonds. The Balaban J connectivity index is 2.08. The number of carbonyl (C=O) groups excluding carboxylic acids is 2. The SMILES string of the molecule is C[C@H](N)C(=O)N[C@@H](C)C(=O)Nc1nc2ccc(OC(F)(F)F)cc2s1. The molecule has 0 aliphatic rings. The quantitative estimate of drug-likeness (QED) is 0.740. The van der Waals surface area contributed by atoms with E-state index in [4.69, 9.17) is 5.73 Å². The third kappa shape index (κ3) is 5.29. The van der Waals surface area contributed by atoms with Crippen molar-refractivity contribution in [1.29, 1.82) is 0 Å². The second-order valence-corrected chi connectivity index (χ2v) is 6.24. The van der Waals surface area contributed by atoms with Gasteiger partial charge in [0.2, 0.25) is 11.8 Å². The molecule has 2 aromatic rings. The number of fused-ring (bicyclic) bond motifs is 1. The van der Waals surface area contributed by atoms with Crippen molar-refractivity contribution in [2.75, 3.05) is 5.32 Å². The topological polar surface area (TPSA) is 106 Å². The molecule has 0 saturated carbocycles. The summed E-state index contributed by atoms with van der Waals surface area (Å²) < 4.78 is 40.9. The molecule has 136 valence electrons. The van der Waals surface area contributed by atoms with Gasteiger partial charge in [0.05, 0.1) is 16.3 Å². The summed E-state index contributed by atoms with van der Waals surface area (Å²) in [5, 5.41) is 5.10. The monoisotopic (exact) mass is 376 g/mol. The summed E-state index contributed by atoms with van der Waals surface area (Å²) in [7, 11) is 0. The summed E-state index contributed by atoms with van der Waals surface area (Å²) in [5.74, 6) is -1.39. The molecule has 0 spiro atoms. The van der Waals surface area contributed by atoms with Crippen LogP contribution in [-0.4, -0.2) is 35.2 Å². The number of nitrogens with two attached hydrogens (primary N) is 1. The zero-order chi connectivity index (χ0) is 18.8. The van der Waals surface area contributed by atoms with E-state index in [0.29, 0.717) is 10.2 Å². The lowest BCUT2D eigenvalue weighted by molar-refractivity contribution is -0.274. The summed E-state index contributed by atoms with van der Waals surface area (Å²) in [6, 6.07) is 2.05. The number of hydrogen-bond donors (Lipinski definition) is 3. The van der Waals surface area contributed by atoms with Crippen LogP contribution in [0, 0.1) is 0 Å². The van der Waals surface area contributed by atoms with Crippen LogP contribution in [0.1, 0.15) is 13.8 Å². The van der Waals surface area contributed by atoms with Crippen LogP contribution in [0.15, 0.2) is 18.2 Å². The number of carbonyl (C=O) groups is 2. The largest absolute Gasteiger partial charge is 0.573 e. The highest BCUT2D eigenvalue weighted by molar-refractivity contribution is 7.22. The van der Waals surface area contributed by atoms with Crippen molar-refractivity contribution in [2.45, 2.75) is 32.3 Å². The Labute approximate surface area is 144 Å². The van der Waals surface area contributed by atoms with Crippen LogP contribution >= 0.6 is 11.3 Å². The molecule has 0 fully saturated rings. The molecule has 2 atom stereocenters. The molecular weight excluding hydrogens is 361 g/mol. The van der Waals surface area contributed by atoms with Gasteiger partial charge in [0.15, 0.2) is 5.13 Å². The van der Waals surface area contributed by atoms with Crippen molar-refractivity contribution < 1.29 is 27.5 Å². The summed E-state index contributed by atoms with van der Waals surface area (Å²) in [6.07, 6.45) is -4.79. The zero-order valence-electron chi connectivity index (χ0n) is 13.2. The van der Waals surface area contributed by atoms with Crippen molar-refractivity contribution in [1.82, 2.24) is 10.3 Å². The molecule has 0 saturated heterocycles. The summed E-state index contributed by atoms with van der Waals surface area (Å²) >= 11 is 0.981. The van der Waals surface area contributed by atoms with Gasteiger partial charge >= 0.3 is 6.36 Å². The highest BCUT2D eigenvalue weighted by atomic mass is 32.1. The van der Waals surface area contributed by atoms with Crippen LogP contribution in [-0.2, 0) is 9.59 Å². The minimum absolute atomic E-state index is 0.186. The predicted octanol–water partition coefficient (Wildman–Crippen LogP) is 1.99. The van der Waals surface area contributed by atoms with E-state index in [1.165, 1.54) is 26.0 Å². The van der Waals surface area contributed by atoms with E-state index < -0.39 is 30.3 Å². The first-order valence-electron chi connectivity index (χ1n) is 7.08. The van der Waals surface area contributed by atoms with Crippen molar-refractivity contribution >= 4 is 38.5 Å². The Morgan fingerprint density at radius 1 is 1.28 bits per heavy atom. The Kier molecular flexibility index (Phi) is 5.48. The van der Waals surface area contributed by atoms with Gasteiger partial charge in [-0.2, -0.15) is 0 Å². The molecule has 0 aliphatic heterocycles. The normalized spacial score (nSPS) is 14.0. The van der Waals surface area contributed by atoms with Gasteiger partial charge in [0, 0.05) is 6.07 Å². The number of anilines is 1. The number of aromatic nitrogens is 1. The predicted molar refractivity (Wildman–Crippen MR) is 86.2 cm³/mol. The number of nitrogens with one attached hydrogen (secondary N) is 2. The number of amides is 2. The maximum atomic E-state index is 12.2. The Hall–Kier alpha value is -2.40. The van der Waals surface area contributed by atoms with Crippen molar-refractivity contribution in [2.24, 2.45) is 5.73 Å². The average Bonchev–Trinajstić information content (AvgIpc) is 2.86. The van der Waals surface area contributed by atoms with Crippen LogP contribution < -0.4 is 21.1 Å². The number of benzene rings is 1. The molecule has 0 bridgehead atoms. The maximum Gasteiger partial charge on any atom is 0.573 e. The molecule has 11 heteroatoms. The number of nitrogens with zero attached hydrogens (tertiary/aromatic N) is 1. The minimum Gasteiger partial charge on any atom is -0.406 e. The standard InChI is InChI=1S/C14H15F3N4O3S/c1-6(18)11(22)19-7(2)12(23)21-13-20-9-4-3-8(5-10(9)25-13)24-14(15,16)17/h3-7H,18H2,1-2H3,(H,19,22)(H,20,21,23)/t6-,7-/m0/s1. The van der Waals surface area contributed by atoms with Gasteiger partial charge in [-0.15, -0.1) is 13.2 Å². The smallest absolute Gasteiger partial charge is 0.406 e. The summed E-state index contributed by atoms with van der Waals surface area (Å²) in [5.41, 5.74) is 5.80. The Bertz CT molecular complexity index is 791. The van der Waals surface area contributed by atoms with Gasteiger partial charge in [-0.3, -0.25) is 9.59 Å². The number of alkyl halides is 3. The Morgan fingerprint density at radius 3 is 2.56 bits per heavy atom. The molecule has 1 aromatic heterocycles. The molecule has 0 aliphatic carbocycles. The lowest BCUT2D eigenvalue weighted by Crippen LogP contribution is -2.47. The minimum atomic E-state index is -4.79. The lowest BCUT2D eigenvalue weighted by Gasteiger charge is -2.14. The van der Waals surface area contributed by atoms with Crippen LogP contribution in [0.25, 0.3) is 10.2 Å². The molecule has 2 rings (SSSR count). The van der Waals surface area contributed by atoms with Gasteiger partial charge in [0.25, 0.3) is 0 Å². The molecule has 25 heavy (non-hydrogen) atoms. The Morgan fingerprint density at radius 2 is 1.96 bits per heavy atom. The fourth-order valence-electron chi connectivity index (χ4n) is 1.78. The molecular formula is C14H15F3N4O3S. The van der Waals surface area contributed by atoms with E-state index >= 15 is 0 Å². The average molecular weight is 376 g/mol. The van der Waals surface area contributed by atoms with E-state index in [1.807, 2.05) is 0 Å². The van der Waals surface area contributed by atoms with Gasteiger partial charge in [-0.25, -0.2) is 4.98 Å². The van der Waals surface area contributed by atoms with Crippen LogP contribution in [0.5, 0.6) is 5.75 Å². The number of rotatable bonds is 5. The third-order valence-corrected chi connectivity index (χ3v) is 3.92. The second-order valence-electron chi connectivity index (χ2n) is 5.20. The fraction of sp³-hybridized carbons (Fsp3) is 0.357. The van der Waals surface area contributed by atoms with Crippen molar-refractivity contribution in [3.8, 4) is 5.75 Å². The molecule has 0 unspecified atom stereocenters. The third-order valence-electron chi connectivity index (χ3n) is 2.99. The maximum absolute atomic E-state index is 12.2. The van der Waals surface area contributed by atoms with Crippen LogP contribution in [0.3, 0.4) is 0 Å². The van der Waals surface area contributed by atoms with Crippen molar-refractivity contribution in [3.63, 3.8) is 0 Å². The molecule has 7 nitrogen and oxygen atoms in total. The first kappa shape index (κ1) is 18.9. The van der Waals surface area contributed by atoms with E-state index in [1.54, 1.807) is 0 Å². The molecule has 1 aromatic carbocycles. The van der Waals surface area contributed by atoms with Crippen LogP contribution in [0.4, 0.5) is 18.3 Å². The summed E-state index contributed by atoms with van der Waals surface area (Å²) in [4.78, 5) is 27.6. The van der Waals surface area contributed by atoms with E-state index in [-0.39, 0.29) is 10.9 Å². The van der Waals surface area contributed by atoms with Crippen molar-refractivity contribution in [3.05, 3.63) is 18.2 Å². The van der Waals surface area contributed by atoms with E-state index in [0.717, 1.165) is 17.4 Å². The van der Waals surface area contributed by atoms with Gasteiger partial charge in [-0.05, 0) is 26.0 Å². The number of halogens is 3. The van der Waals surface area contributed by atoms with Gasteiger partial charge in [-0.1, -0.05) is 11.3 Å². The van der Waals surface area contributed by atoms with E-state index in [2.05, 4.69) is 20.4 Å². The molecule has 4 N–H and O–H groups in total. The van der Waals surface area contributed by atoms with E-state index in [9.17, 15) is 22.8 Å². The summed E-state index contributed by atoms with van der Waals surface area (Å²) in [6.45, 7) is 2.95. The highest BCUT2D eigenvalue weighted by Gasteiger charge is 2.31. The second kappa shape index (κ2) is 7.23. The van der Waals surface area contributed by atoms with Gasteiger partial charge < -0.3 is 21.1 Å². The number of thiazole rings is 1.